The molecule has 0 aliphatic carbocycles. The van der Waals surface area contributed by atoms with E-state index >= 15 is 0 Å². The van der Waals surface area contributed by atoms with E-state index in [9.17, 15) is 14.4 Å². The molecule has 1 aromatic carbocycles. The van der Waals surface area contributed by atoms with Crippen molar-refractivity contribution in [3.63, 3.8) is 0 Å². The van der Waals surface area contributed by atoms with E-state index in [-0.39, 0.29) is 18.7 Å². The molecular weight excluding hydrogens is 329 g/mol. The van der Waals surface area contributed by atoms with Gasteiger partial charge in [0.2, 0.25) is 5.91 Å². The average Bonchev–Trinajstić information content (AvgIpc) is 2.78. The standard InChI is InChI=1S/C14H15Cl2N3O3/c1-19(7-8-2-3-9(15)10(16)6-8)12(20)5-4-11-13(21)18-14(22)17-11/h2-3,6,11H,4-5,7H2,1H3,(H2,17,18,21,22). The van der Waals surface area contributed by atoms with Gasteiger partial charge in [-0.1, -0.05) is 29.3 Å². The minimum atomic E-state index is -0.644. The Morgan fingerprint density at radius 3 is 2.59 bits per heavy atom. The van der Waals surface area contributed by atoms with Crippen LogP contribution in [-0.4, -0.2) is 35.8 Å². The van der Waals surface area contributed by atoms with Crippen molar-refractivity contribution in [1.82, 2.24) is 15.5 Å². The van der Waals surface area contributed by atoms with Crippen LogP contribution in [0.5, 0.6) is 0 Å². The van der Waals surface area contributed by atoms with Crippen LogP contribution in [0.1, 0.15) is 18.4 Å². The normalized spacial score (nSPS) is 17.1. The summed E-state index contributed by atoms with van der Waals surface area (Å²) < 4.78 is 0. The SMILES string of the molecule is CN(Cc1ccc(Cl)c(Cl)c1)C(=O)CCC1NC(=O)NC1=O. The summed E-state index contributed by atoms with van der Waals surface area (Å²) in [6, 6.07) is 4.01. The monoisotopic (exact) mass is 343 g/mol. The molecule has 2 rings (SSSR count). The zero-order valence-electron chi connectivity index (χ0n) is 11.9. The van der Waals surface area contributed by atoms with Crippen LogP contribution in [0.3, 0.4) is 0 Å². The van der Waals surface area contributed by atoms with Crippen molar-refractivity contribution in [2.75, 3.05) is 7.05 Å². The minimum absolute atomic E-state index is 0.125. The summed E-state index contributed by atoms with van der Waals surface area (Å²) in [5, 5.41) is 5.49. The molecule has 0 aromatic heterocycles. The maximum atomic E-state index is 12.1. The summed E-state index contributed by atoms with van der Waals surface area (Å²) in [4.78, 5) is 36.0. The first-order valence-corrected chi connectivity index (χ1v) is 7.41. The molecule has 4 amide bonds. The maximum absolute atomic E-state index is 12.1. The van der Waals surface area contributed by atoms with E-state index in [4.69, 9.17) is 23.2 Å². The molecule has 1 aliphatic heterocycles. The number of hydrogen-bond acceptors (Lipinski definition) is 3. The predicted octanol–water partition coefficient (Wildman–Crippen LogP) is 1.94. The molecule has 0 saturated carbocycles. The Labute approximate surface area is 137 Å². The maximum Gasteiger partial charge on any atom is 0.322 e. The van der Waals surface area contributed by atoms with Gasteiger partial charge in [-0.15, -0.1) is 0 Å². The predicted molar refractivity (Wildman–Crippen MR) is 82.6 cm³/mol. The molecule has 1 aliphatic rings. The van der Waals surface area contributed by atoms with E-state index < -0.39 is 18.0 Å². The number of carbonyl (C=O) groups excluding carboxylic acids is 3. The van der Waals surface area contributed by atoms with Gasteiger partial charge in [-0.05, 0) is 24.1 Å². The molecule has 0 radical (unpaired) electrons. The highest BCUT2D eigenvalue weighted by Gasteiger charge is 2.29. The topological polar surface area (TPSA) is 78.5 Å². The van der Waals surface area contributed by atoms with E-state index in [2.05, 4.69) is 10.6 Å². The molecule has 22 heavy (non-hydrogen) atoms. The molecule has 1 aromatic rings. The highest BCUT2D eigenvalue weighted by molar-refractivity contribution is 6.42. The molecule has 2 N–H and O–H groups in total. The number of nitrogens with zero attached hydrogens (tertiary/aromatic N) is 1. The van der Waals surface area contributed by atoms with Crippen molar-refractivity contribution in [2.24, 2.45) is 0 Å². The van der Waals surface area contributed by atoms with E-state index in [1.54, 1.807) is 25.2 Å². The molecule has 0 spiro atoms. The Hall–Kier alpha value is -1.79. The number of rotatable bonds is 5. The van der Waals surface area contributed by atoms with Gasteiger partial charge in [0.05, 0.1) is 10.0 Å². The number of hydrogen-bond donors (Lipinski definition) is 2. The number of benzene rings is 1. The van der Waals surface area contributed by atoms with Crippen molar-refractivity contribution in [2.45, 2.75) is 25.4 Å². The van der Waals surface area contributed by atoms with Gasteiger partial charge in [-0.25, -0.2) is 4.79 Å². The van der Waals surface area contributed by atoms with Crippen molar-refractivity contribution in [3.05, 3.63) is 33.8 Å². The van der Waals surface area contributed by atoms with Crippen LogP contribution in [-0.2, 0) is 16.1 Å². The molecule has 1 unspecified atom stereocenters. The summed E-state index contributed by atoms with van der Waals surface area (Å²) in [7, 11) is 1.66. The third-order valence-electron chi connectivity index (χ3n) is 3.33. The highest BCUT2D eigenvalue weighted by Crippen LogP contribution is 2.23. The largest absolute Gasteiger partial charge is 0.341 e. The van der Waals surface area contributed by atoms with Crippen LogP contribution in [0.25, 0.3) is 0 Å². The van der Waals surface area contributed by atoms with Crippen LogP contribution in [0.2, 0.25) is 10.0 Å². The third-order valence-corrected chi connectivity index (χ3v) is 4.07. The van der Waals surface area contributed by atoms with Crippen molar-refractivity contribution < 1.29 is 14.4 Å². The molecule has 1 fully saturated rings. The lowest BCUT2D eigenvalue weighted by Crippen LogP contribution is -2.32. The minimum Gasteiger partial charge on any atom is -0.341 e. The van der Waals surface area contributed by atoms with E-state index in [0.717, 1.165) is 5.56 Å². The second-order valence-corrected chi connectivity index (χ2v) is 5.87. The second-order valence-electron chi connectivity index (χ2n) is 5.05. The lowest BCUT2D eigenvalue weighted by atomic mass is 10.1. The van der Waals surface area contributed by atoms with Crippen LogP contribution in [0.15, 0.2) is 18.2 Å². The van der Waals surface area contributed by atoms with Crippen LogP contribution < -0.4 is 10.6 Å². The number of carbonyl (C=O) groups is 3. The van der Waals surface area contributed by atoms with Crippen molar-refractivity contribution in [1.29, 1.82) is 0 Å². The molecular formula is C14H15Cl2N3O3. The van der Waals surface area contributed by atoms with Crippen LogP contribution >= 0.6 is 23.2 Å². The molecule has 1 heterocycles. The first-order valence-electron chi connectivity index (χ1n) is 6.66. The number of urea groups is 1. The Balaban J connectivity index is 1.85. The van der Waals surface area contributed by atoms with E-state index in [0.29, 0.717) is 16.6 Å². The fourth-order valence-corrected chi connectivity index (χ4v) is 2.44. The lowest BCUT2D eigenvalue weighted by Gasteiger charge is -2.18. The fourth-order valence-electron chi connectivity index (χ4n) is 2.12. The third kappa shape index (κ3) is 4.11. The summed E-state index contributed by atoms with van der Waals surface area (Å²) >= 11 is 11.8. The number of amides is 4. The molecule has 118 valence electrons. The van der Waals surface area contributed by atoms with Gasteiger partial charge < -0.3 is 10.2 Å². The number of nitrogens with one attached hydrogen (secondary N) is 2. The van der Waals surface area contributed by atoms with Gasteiger partial charge in [-0.3, -0.25) is 14.9 Å². The molecule has 8 heteroatoms. The summed E-state index contributed by atoms with van der Waals surface area (Å²) in [5.41, 5.74) is 0.858. The van der Waals surface area contributed by atoms with Gasteiger partial charge >= 0.3 is 6.03 Å². The zero-order chi connectivity index (χ0) is 16.3. The Morgan fingerprint density at radius 2 is 2.00 bits per heavy atom. The fraction of sp³-hybridized carbons (Fsp3) is 0.357. The Kier molecular flexibility index (Phi) is 5.26. The Bertz CT molecular complexity index is 621. The highest BCUT2D eigenvalue weighted by atomic mass is 35.5. The first kappa shape index (κ1) is 16.6. The van der Waals surface area contributed by atoms with Crippen LogP contribution in [0.4, 0.5) is 4.79 Å². The average molecular weight is 344 g/mol. The summed E-state index contributed by atoms with van der Waals surface area (Å²) in [6.45, 7) is 0.388. The molecule has 0 bridgehead atoms. The van der Waals surface area contributed by atoms with E-state index in [1.807, 2.05) is 0 Å². The second kappa shape index (κ2) is 6.98. The quantitative estimate of drug-likeness (QED) is 0.802. The number of imide groups is 1. The smallest absolute Gasteiger partial charge is 0.322 e. The first-order chi connectivity index (χ1) is 10.4. The van der Waals surface area contributed by atoms with Gasteiger partial charge in [0.15, 0.2) is 0 Å². The van der Waals surface area contributed by atoms with Gasteiger partial charge in [0.25, 0.3) is 5.91 Å². The van der Waals surface area contributed by atoms with Gasteiger partial charge in [0, 0.05) is 20.0 Å². The summed E-state index contributed by atoms with van der Waals surface area (Å²) in [5.74, 6) is -0.523. The van der Waals surface area contributed by atoms with Crippen LogP contribution in [0, 0.1) is 0 Å². The Morgan fingerprint density at radius 1 is 1.27 bits per heavy atom. The summed E-state index contributed by atoms with van der Waals surface area (Å²) in [6.07, 6.45) is 0.429. The lowest BCUT2D eigenvalue weighted by molar-refractivity contribution is -0.130. The van der Waals surface area contributed by atoms with E-state index in [1.165, 1.54) is 4.90 Å². The van der Waals surface area contributed by atoms with Crippen molar-refractivity contribution >= 4 is 41.0 Å². The zero-order valence-corrected chi connectivity index (χ0v) is 13.4. The molecule has 1 atom stereocenters. The van der Waals surface area contributed by atoms with Gasteiger partial charge in [0.1, 0.15) is 6.04 Å². The van der Waals surface area contributed by atoms with Gasteiger partial charge in [-0.2, -0.15) is 0 Å². The number of halogens is 2. The molecule has 1 saturated heterocycles. The van der Waals surface area contributed by atoms with Crippen molar-refractivity contribution in [3.8, 4) is 0 Å². The molecule has 6 nitrogen and oxygen atoms in total.